The van der Waals surface area contributed by atoms with E-state index in [9.17, 15) is 17.3 Å². The topological polar surface area (TPSA) is 9.23 Å². The molecule has 1 atom stereocenters. The zero-order valence-corrected chi connectivity index (χ0v) is 12.2. The van der Waals surface area contributed by atoms with E-state index in [1.165, 1.54) is 17.3 Å². The fourth-order valence-corrected chi connectivity index (χ4v) is 3.33. The van der Waals surface area contributed by atoms with Crippen LogP contribution in [-0.2, 0) is 15.6 Å². The van der Waals surface area contributed by atoms with Crippen molar-refractivity contribution >= 4 is 29.9 Å². The van der Waals surface area contributed by atoms with Gasteiger partial charge in [0.2, 0.25) is 0 Å². The number of ether oxygens (including phenoxy) is 1. The summed E-state index contributed by atoms with van der Waals surface area (Å²) in [5.74, 6) is 5.04. The number of thioether (sulfide) groups is 1. The molecular formula is C10H19BF4OS2. The van der Waals surface area contributed by atoms with Crippen LogP contribution < -0.4 is 0 Å². The van der Waals surface area contributed by atoms with Crippen molar-refractivity contribution in [1.82, 2.24) is 0 Å². The van der Waals surface area contributed by atoms with Gasteiger partial charge in [0.25, 0.3) is 0 Å². The lowest BCUT2D eigenvalue weighted by molar-refractivity contribution is 0.173. The van der Waals surface area contributed by atoms with E-state index in [-0.39, 0.29) is 0 Å². The molecule has 0 aromatic carbocycles. The van der Waals surface area contributed by atoms with Crippen molar-refractivity contribution in [2.24, 2.45) is 0 Å². The maximum absolute atomic E-state index is 9.75. The Morgan fingerprint density at radius 2 is 1.83 bits per heavy atom. The highest BCUT2D eigenvalue weighted by molar-refractivity contribution is 8.00. The van der Waals surface area contributed by atoms with E-state index in [1.54, 1.807) is 0 Å². The highest BCUT2D eigenvalue weighted by Crippen LogP contribution is 2.20. The Labute approximate surface area is 113 Å². The van der Waals surface area contributed by atoms with Crippen LogP contribution in [-0.4, -0.2) is 42.3 Å². The molecule has 0 saturated carbocycles. The van der Waals surface area contributed by atoms with E-state index in [0.29, 0.717) is 16.3 Å². The summed E-state index contributed by atoms with van der Waals surface area (Å²) in [6.07, 6.45) is 4.53. The van der Waals surface area contributed by atoms with Crippen molar-refractivity contribution in [1.29, 1.82) is 0 Å². The summed E-state index contributed by atoms with van der Waals surface area (Å²) >= 11 is 1.90. The van der Waals surface area contributed by atoms with Gasteiger partial charge in [-0.1, -0.05) is 0 Å². The lowest BCUT2D eigenvalue weighted by atomic mass is 10.3. The van der Waals surface area contributed by atoms with Crippen molar-refractivity contribution in [2.45, 2.75) is 19.3 Å². The first-order valence-electron chi connectivity index (χ1n) is 5.78. The van der Waals surface area contributed by atoms with Crippen molar-refractivity contribution in [3.05, 3.63) is 12.2 Å². The molecule has 1 aliphatic rings. The Balaban J connectivity index is 0.000000494. The zero-order chi connectivity index (χ0) is 14.0. The number of hydrogen-bond donors (Lipinski definition) is 0. The van der Waals surface area contributed by atoms with Crippen LogP contribution in [0.4, 0.5) is 17.3 Å². The van der Waals surface area contributed by atoms with Gasteiger partial charge in [-0.05, 0) is 36.9 Å². The SMILES string of the molecule is CC[S+](CC)C/C=C/C1OCCS1.F[B-](F)(F)F. The van der Waals surface area contributed by atoms with Crippen LogP contribution in [0.3, 0.4) is 0 Å². The third-order valence-corrected chi connectivity index (χ3v) is 5.41. The molecule has 1 aliphatic heterocycles. The van der Waals surface area contributed by atoms with Crippen LogP contribution in [0.5, 0.6) is 0 Å². The van der Waals surface area contributed by atoms with Gasteiger partial charge in [-0.15, -0.1) is 11.8 Å². The quantitative estimate of drug-likeness (QED) is 0.332. The molecule has 0 bridgehead atoms. The van der Waals surface area contributed by atoms with Gasteiger partial charge in [0.15, 0.2) is 0 Å². The normalized spacial score (nSPS) is 20.3. The smallest absolute Gasteiger partial charge is 0.418 e. The lowest BCUT2D eigenvalue weighted by Gasteiger charge is -2.02. The van der Waals surface area contributed by atoms with E-state index >= 15 is 0 Å². The van der Waals surface area contributed by atoms with Crippen molar-refractivity contribution in [2.75, 3.05) is 29.6 Å². The molecule has 1 rings (SSSR count). The number of hydrogen-bond acceptors (Lipinski definition) is 2. The van der Waals surface area contributed by atoms with E-state index in [4.69, 9.17) is 4.74 Å². The predicted molar refractivity (Wildman–Crippen MR) is 74.8 cm³/mol. The van der Waals surface area contributed by atoms with Gasteiger partial charge in [-0.2, -0.15) is 0 Å². The third kappa shape index (κ3) is 12.6. The van der Waals surface area contributed by atoms with E-state index < -0.39 is 7.25 Å². The van der Waals surface area contributed by atoms with Crippen molar-refractivity contribution in [3.8, 4) is 0 Å². The van der Waals surface area contributed by atoms with Crippen LogP contribution in [0.1, 0.15) is 13.8 Å². The molecule has 0 aliphatic carbocycles. The molecule has 0 aromatic heterocycles. The van der Waals surface area contributed by atoms with Gasteiger partial charge in [-0.25, -0.2) is 0 Å². The maximum atomic E-state index is 9.75. The molecule has 1 fully saturated rings. The molecule has 0 aromatic rings. The Morgan fingerprint density at radius 3 is 2.22 bits per heavy atom. The Bertz CT molecular complexity index is 222. The van der Waals surface area contributed by atoms with Crippen LogP contribution >= 0.6 is 11.8 Å². The van der Waals surface area contributed by atoms with E-state index in [1.807, 2.05) is 11.8 Å². The van der Waals surface area contributed by atoms with Gasteiger partial charge in [0.05, 0.1) is 6.61 Å². The zero-order valence-electron chi connectivity index (χ0n) is 10.6. The molecule has 1 unspecified atom stereocenters. The monoisotopic (exact) mass is 306 g/mol. The Morgan fingerprint density at radius 1 is 1.28 bits per heavy atom. The molecule has 18 heavy (non-hydrogen) atoms. The maximum Gasteiger partial charge on any atom is 0.673 e. The summed E-state index contributed by atoms with van der Waals surface area (Å²) in [7, 11) is -5.39. The second kappa shape index (κ2) is 10.0. The van der Waals surface area contributed by atoms with Crippen LogP contribution in [0, 0.1) is 0 Å². The standard InChI is InChI=1S/C10H19OS2.BF4/c1-3-13(4-2)9-5-6-10-11-7-8-12-10;2-1(3,4)5/h5-6,10H,3-4,7-9H2,1-2H3;/q+1;-1/b6-5+;. The molecule has 0 amide bonds. The fourth-order valence-electron chi connectivity index (χ4n) is 1.23. The first-order valence-corrected chi connectivity index (χ1v) is 8.56. The van der Waals surface area contributed by atoms with Gasteiger partial charge in [0, 0.05) is 5.75 Å². The second-order valence-corrected chi connectivity index (χ2v) is 7.31. The van der Waals surface area contributed by atoms with Crippen LogP contribution in [0.15, 0.2) is 12.2 Å². The minimum atomic E-state index is -6.00. The molecule has 0 radical (unpaired) electrons. The third-order valence-electron chi connectivity index (χ3n) is 2.09. The minimum absolute atomic E-state index is 0.346. The molecular weight excluding hydrogens is 287 g/mol. The minimum Gasteiger partial charge on any atom is -0.418 e. The highest BCUT2D eigenvalue weighted by atomic mass is 32.2. The fraction of sp³-hybridized carbons (Fsp3) is 0.800. The first kappa shape index (κ1) is 18.2. The van der Waals surface area contributed by atoms with Gasteiger partial charge in [0.1, 0.15) is 22.7 Å². The predicted octanol–water partition coefficient (Wildman–Crippen LogP) is 3.59. The summed E-state index contributed by atoms with van der Waals surface area (Å²) in [4.78, 5) is 0. The first-order chi connectivity index (χ1) is 8.36. The van der Waals surface area contributed by atoms with E-state index in [0.717, 1.165) is 12.4 Å². The van der Waals surface area contributed by atoms with Gasteiger partial charge >= 0.3 is 7.25 Å². The molecule has 1 saturated heterocycles. The summed E-state index contributed by atoms with van der Waals surface area (Å²) in [5, 5.41) is 0. The molecule has 108 valence electrons. The molecule has 1 nitrogen and oxygen atoms in total. The molecule has 0 spiro atoms. The average Bonchev–Trinajstić information content (AvgIpc) is 2.75. The second-order valence-electron chi connectivity index (χ2n) is 3.39. The largest absolute Gasteiger partial charge is 0.673 e. The van der Waals surface area contributed by atoms with Gasteiger partial charge < -0.3 is 22.0 Å². The van der Waals surface area contributed by atoms with Crippen molar-refractivity contribution < 1.29 is 22.0 Å². The van der Waals surface area contributed by atoms with Crippen LogP contribution in [0.25, 0.3) is 0 Å². The Kier molecular flexibility index (Phi) is 10.1. The molecule has 0 N–H and O–H groups in total. The van der Waals surface area contributed by atoms with Gasteiger partial charge in [-0.3, -0.25) is 0 Å². The van der Waals surface area contributed by atoms with Crippen molar-refractivity contribution in [3.63, 3.8) is 0 Å². The summed E-state index contributed by atoms with van der Waals surface area (Å²) < 4.78 is 44.5. The van der Waals surface area contributed by atoms with Crippen LogP contribution in [0.2, 0.25) is 0 Å². The molecule has 8 heteroatoms. The molecule has 1 heterocycles. The number of rotatable bonds is 5. The summed E-state index contributed by atoms with van der Waals surface area (Å²) in [6.45, 7) is 5.48. The Hall–Kier alpha value is 0.185. The number of halogens is 4. The summed E-state index contributed by atoms with van der Waals surface area (Å²) in [5.41, 5.74) is 0.346. The summed E-state index contributed by atoms with van der Waals surface area (Å²) in [6, 6.07) is 0. The average molecular weight is 306 g/mol. The highest BCUT2D eigenvalue weighted by Gasteiger charge is 2.20. The van der Waals surface area contributed by atoms with E-state index in [2.05, 4.69) is 26.0 Å². The lowest BCUT2D eigenvalue weighted by Crippen LogP contribution is -2.11.